The summed E-state index contributed by atoms with van der Waals surface area (Å²) in [6, 6.07) is 0. The minimum atomic E-state index is -0.880. The van der Waals surface area contributed by atoms with Gasteiger partial charge in [0.2, 0.25) is 0 Å². The molecule has 0 aromatic heterocycles. The summed E-state index contributed by atoms with van der Waals surface area (Å²) in [5, 5.41) is 9.04. The third kappa shape index (κ3) is 1.09. The number of cyclic esters (lactones) is 1. The van der Waals surface area contributed by atoms with E-state index in [1.807, 2.05) is 0 Å². The van der Waals surface area contributed by atoms with Crippen LogP contribution in [-0.2, 0) is 9.53 Å². The molecule has 0 spiro atoms. The third-order valence-electron chi connectivity index (χ3n) is 1.30. The highest BCUT2D eigenvalue weighted by Gasteiger charge is 2.21. The molecule has 0 saturated carbocycles. The van der Waals surface area contributed by atoms with Crippen LogP contribution < -0.4 is 0 Å². The summed E-state index contributed by atoms with van der Waals surface area (Å²) in [7, 11) is 0. The van der Waals surface area contributed by atoms with Crippen molar-refractivity contribution in [2.75, 3.05) is 6.61 Å². The van der Waals surface area contributed by atoms with Gasteiger partial charge in [-0.1, -0.05) is 6.08 Å². The molecule has 0 saturated heterocycles. The van der Waals surface area contributed by atoms with E-state index < -0.39 is 12.1 Å². The zero-order valence-corrected chi connectivity index (χ0v) is 5.41. The van der Waals surface area contributed by atoms with Crippen molar-refractivity contribution >= 4 is 5.97 Å². The molecule has 0 aliphatic carbocycles. The van der Waals surface area contributed by atoms with Crippen molar-refractivity contribution in [2.45, 2.75) is 6.10 Å². The molecule has 0 radical (unpaired) electrons. The molecule has 3 heteroatoms. The molecule has 1 aliphatic rings. The second-order valence-corrected chi connectivity index (χ2v) is 1.94. The highest BCUT2D eigenvalue weighted by atomic mass is 16.5. The zero-order chi connectivity index (χ0) is 7.56. The van der Waals surface area contributed by atoms with Gasteiger partial charge in [-0.2, -0.15) is 0 Å². The molecule has 0 bridgehead atoms. The molecule has 1 heterocycles. The maximum Gasteiger partial charge on any atom is 0.337 e. The lowest BCUT2D eigenvalue weighted by atomic mass is 10.1. The Morgan fingerprint density at radius 1 is 1.90 bits per heavy atom. The Morgan fingerprint density at radius 3 is 3.00 bits per heavy atom. The first-order valence-corrected chi connectivity index (χ1v) is 2.93. The highest BCUT2D eigenvalue weighted by molar-refractivity contribution is 5.91. The third-order valence-corrected chi connectivity index (χ3v) is 1.30. The summed E-state index contributed by atoms with van der Waals surface area (Å²) in [5.41, 5.74) is 0.287. The van der Waals surface area contributed by atoms with Crippen LogP contribution in [0, 0.1) is 0 Å². The molecule has 1 atom stereocenters. The molecule has 10 heavy (non-hydrogen) atoms. The van der Waals surface area contributed by atoms with E-state index in [1.54, 1.807) is 6.08 Å². The summed E-state index contributed by atoms with van der Waals surface area (Å²) in [5.74, 6) is -0.451. The van der Waals surface area contributed by atoms with Gasteiger partial charge in [0.1, 0.15) is 12.7 Å². The Morgan fingerprint density at radius 2 is 2.60 bits per heavy atom. The van der Waals surface area contributed by atoms with Crippen molar-refractivity contribution in [2.24, 2.45) is 0 Å². The molecule has 0 fully saturated rings. The van der Waals surface area contributed by atoms with E-state index in [1.165, 1.54) is 6.08 Å². The molecule has 0 aromatic rings. The first-order chi connectivity index (χ1) is 4.75. The van der Waals surface area contributed by atoms with E-state index >= 15 is 0 Å². The lowest BCUT2D eigenvalue weighted by Crippen LogP contribution is -2.12. The predicted molar refractivity (Wildman–Crippen MR) is 35.2 cm³/mol. The van der Waals surface area contributed by atoms with Crippen LogP contribution in [0.3, 0.4) is 0 Å². The van der Waals surface area contributed by atoms with Crippen LogP contribution in [0.15, 0.2) is 24.3 Å². The normalized spacial score (nSPS) is 19.7. The number of aliphatic hydroxyl groups excluding tert-OH is 1. The molecule has 0 aromatic carbocycles. The van der Waals surface area contributed by atoms with E-state index in [9.17, 15) is 4.79 Å². The SMILES string of the molecule is C=CC(O)C1=CCOC1=O. The lowest BCUT2D eigenvalue weighted by molar-refractivity contribution is -0.136. The van der Waals surface area contributed by atoms with Gasteiger partial charge in [0.25, 0.3) is 0 Å². The average molecular weight is 140 g/mol. The standard InChI is InChI=1S/C7H8O3/c1-2-6(8)5-3-4-10-7(5)9/h2-3,6,8H,1,4H2. The minimum Gasteiger partial charge on any atom is -0.458 e. The van der Waals surface area contributed by atoms with Gasteiger partial charge in [0.05, 0.1) is 5.57 Å². The van der Waals surface area contributed by atoms with Gasteiger partial charge in [0, 0.05) is 0 Å². The van der Waals surface area contributed by atoms with Gasteiger partial charge in [-0.25, -0.2) is 4.79 Å². The van der Waals surface area contributed by atoms with E-state index in [0.29, 0.717) is 0 Å². The number of aliphatic hydroxyl groups is 1. The topological polar surface area (TPSA) is 46.5 Å². The van der Waals surface area contributed by atoms with Crippen LogP contribution >= 0.6 is 0 Å². The molecule has 0 amide bonds. The van der Waals surface area contributed by atoms with Crippen LogP contribution in [-0.4, -0.2) is 23.8 Å². The Bertz CT molecular complexity index is 193. The summed E-state index contributed by atoms with van der Waals surface area (Å²) < 4.78 is 4.55. The van der Waals surface area contributed by atoms with E-state index in [2.05, 4.69) is 11.3 Å². The van der Waals surface area contributed by atoms with Crippen LogP contribution in [0.25, 0.3) is 0 Å². The summed E-state index contributed by atoms with van der Waals surface area (Å²) in [6.45, 7) is 3.60. The molecule has 1 rings (SSSR count). The van der Waals surface area contributed by atoms with Gasteiger partial charge in [-0.15, -0.1) is 6.58 Å². The average Bonchev–Trinajstić information content (AvgIpc) is 2.34. The number of hydrogen-bond acceptors (Lipinski definition) is 3. The van der Waals surface area contributed by atoms with Crippen molar-refractivity contribution < 1.29 is 14.6 Å². The van der Waals surface area contributed by atoms with Crippen molar-refractivity contribution in [3.63, 3.8) is 0 Å². The van der Waals surface area contributed by atoms with Crippen LogP contribution in [0.4, 0.5) is 0 Å². The predicted octanol–water partition coefficient (Wildman–Crippen LogP) is 0.0165. The fraction of sp³-hybridized carbons (Fsp3) is 0.286. The van der Waals surface area contributed by atoms with Crippen molar-refractivity contribution in [1.29, 1.82) is 0 Å². The summed E-state index contributed by atoms with van der Waals surface area (Å²) in [6.07, 6.45) is 1.96. The smallest absolute Gasteiger partial charge is 0.337 e. The number of ether oxygens (including phenoxy) is 1. The Balaban J connectivity index is 2.71. The first kappa shape index (κ1) is 7.02. The first-order valence-electron chi connectivity index (χ1n) is 2.93. The van der Waals surface area contributed by atoms with Crippen LogP contribution in [0.1, 0.15) is 0 Å². The number of hydrogen-bond donors (Lipinski definition) is 1. The second kappa shape index (κ2) is 2.66. The van der Waals surface area contributed by atoms with Gasteiger partial charge in [-0.05, 0) is 6.08 Å². The van der Waals surface area contributed by atoms with Gasteiger partial charge in [-0.3, -0.25) is 0 Å². The van der Waals surface area contributed by atoms with Crippen LogP contribution in [0.5, 0.6) is 0 Å². The molecular formula is C7H8O3. The monoisotopic (exact) mass is 140 g/mol. The van der Waals surface area contributed by atoms with E-state index in [-0.39, 0.29) is 12.2 Å². The molecule has 1 aliphatic heterocycles. The number of esters is 1. The molecular weight excluding hydrogens is 132 g/mol. The summed E-state index contributed by atoms with van der Waals surface area (Å²) in [4.78, 5) is 10.7. The Hall–Kier alpha value is -1.09. The highest BCUT2D eigenvalue weighted by Crippen LogP contribution is 2.11. The second-order valence-electron chi connectivity index (χ2n) is 1.94. The van der Waals surface area contributed by atoms with Crippen molar-refractivity contribution in [1.82, 2.24) is 0 Å². The van der Waals surface area contributed by atoms with Gasteiger partial charge in [0.15, 0.2) is 0 Å². The van der Waals surface area contributed by atoms with E-state index in [4.69, 9.17) is 5.11 Å². The molecule has 3 nitrogen and oxygen atoms in total. The van der Waals surface area contributed by atoms with Crippen molar-refractivity contribution in [3.8, 4) is 0 Å². The largest absolute Gasteiger partial charge is 0.458 e. The minimum absolute atomic E-state index is 0.263. The summed E-state index contributed by atoms with van der Waals surface area (Å²) >= 11 is 0. The fourth-order valence-corrected chi connectivity index (χ4v) is 0.742. The van der Waals surface area contributed by atoms with Gasteiger partial charge < -0.3 is 9.84 Å². The zero-order valence-electron chi connectivity index (χ0n) is 5.41. The number of carbonyl (C=O) groups excluding carboxylic acids is 1. The number of carbonyl (C=O) groups is 1. The molecule has 1 N–H and O–H groups in total. The van der Waals surface area contributed by atoms with E-state index in [0.717, 1.165) is 0 Å². The molecule has 54 valence electrons. The quantitative estimate of drug-likeness (QED) is 0.434. The number of rotatable bonds is 2. The molecule has 1 unspecified atom stereocenters. The fourth-order valence-electron chi connectivity index (χ4n) is 0.742. The maximum absolute atomic E-state index is 10.7. The van der Waals surface area contributed by atoms with Gasteiger partial charge >= 0.3 is 5.97 Å². The lowest BCUT2D eigenvalue weighted by Gasteiger charge is -2.01. The maximum atomic E-state index is 10.7. The van der Waals surface area contributed by atoms with Crippen LogP contribution in [0.2, 0.25) is 0 Å². The Kier molecular flexibility index (Phi) is 1.87. The van der Waals surface area contributed by atoms with Crippen molar-refractivity contribution in [3.05, 3.63) is 24.3 Å². The Labute approximate surface area is 58.6 Å².